The highest BCUT2D eigenvalue weighted by Crippen LogP contribution is 2.29. The minimum Gasteiger partial charge on any atom is -0.490 e. The van der Waals surface area contributed by atoms with Crippen molar-refractivity contribution in [2.75, 3.05) is 37.7 Å². The fraction of sp³-hybridized carbons (Fsp3) is 0.586. The third kappa shape index (κ3) is 7.85. The summed E-state index contributed by atoms with van der Waals surface area (Å²) in [5.41, 5.74) is 1.84. The highest BCUT2D eigenvalue weighted by molar-refractivity contribution is 5.69. The van der Waals surface area contributed by atoms with E-state index in [0.717, 1.165) is 50.4 Å². The Hall–Kier alpha value is -2.80. The number of rotatable bonds is 10. The van der Waals surface area contributed by atoms with E-state index in [1.165, 1.54) is 18.4 Å². The molecule has 1 aromatic heterocycles. The van der Waals surface area contributed by atoms with Gasteiger partial charge in [0.15, 0.2) is 0 Å². The van der Waals surface area contributed by atoms with Crippen molar-refractivity contribution in [3.8, 4) is 5.75 Å². The van der Waals surface area contributed by atoms with Crippen molar-refractivity contribution >= 4 is 11.8 Å². The van der Waals surface area contributed by atoms with Gasteiger partial charge in [-0.15, -0.1) is 0 Å². The Morgan fingerprint density at radius 2 is 1.94 bits per heavy atom. The average molecular weight is 496 g/mol. The Bertz CT molecular complexity index is 962. The first kappa shape index (κ1) is 26.3. The standard InChI is InChI=1S/C29H41N3O4/c1-29(2,3)36-28(33)32-14-7-12-25(32)22-35-27-17-26(18-30-19-27)31-15-13-23(20-31)11-8-16-34-21-24-9-5-4-6-10-24/h4-6,9-10,17-19,23,25H,7-8,11-16,20-22H2,1-3H3/t23-,25+/m1/s1. The third-order valence-electron chi connectivity index (χ3n) is 6.81. The molecule has 1 amide bonds. The third-order valence-corrected chi connectivity index (χ3v) is 6.81. The summed E-state index contributed by atoms with van der Waals surface area (Å²) in [6.07, 6.45) is 8.77. The van der Waals surface area contributed by atoms with Crippen molar-refractivity contribution in [1.82, 2.24) is 9.88 Å². The number of pyridine rings is 1. The molecule has 1 aromatic carbocycles. The Labute approximate surface area is 215 Å². The predicted octanol–water partition coefficient (Wildman–Crippen LogP) is 5.68. The molecule has 2 atom stereocenters. The van der Waals surface area contributed by atoms with Crippen molar-refractivity contribution in [1.29, 1.82) is 0 Å². The van der Waals surface area contributed by atoms with Gasteiger partial charge in [0.25, 0.3) is 0 Å². The molecule has 2 aliphatic heterocycles. The molecule has 4 rings (SSSR count). The van der Waals surface area contributed by atoms with Gasteiger partial charge in [0.05, 0.1) is 30.7 Å². The molecule has 0 N–H and O–H groups in total. The van der Waals surface area contributed by atoms with Crippen LogP contribution in [0.3, 0.4) is 0 Å². The van der Waals surface area contributed by atoms with Crippen molar-refractivity contribution in [2.24, 2.45) is 5.92 Å². The summed E-state index contributed by atoms with van der Waals surface area (Å²) >= 11 is 0. The van der Waals surface area contributed by atoms with Crippen molar-refractivity contribution < 1.29 is 19.0 Å². The second kappa shape index (κ2) is 12.4. The molecule has 2 saturated heterocycles. The van der Waals surface area contributed by atoms with E-state index in [0.29, 0.717) is 25.7 Å². The minimum atomic E-state index is -0.494. The van der Waals surface area contributed by atoms with Crippen molar-refractivity contribution in [3.63, 3.8) is 0 Å². The lowest BCUT2D eigenvalue weighted by molar-refractivity contribution is 0.0187. The number of hydrogen-bond donors (Lipinski definition) is 0. The second-order valence-corrected chi connectivity index (χ2v) is 10.9. The molecule has 7 nitrogen and oxygen atoms in total. The SMILES string of the molecule is CC(C)(C)OC(=O)N1CCC[C@H]1COc1cncc(N2CC[C@@H](CCCOCc3ccccc3)C2)c1. The van der Waals surface area contributed by atoms with Crippen LogP contribution in [-0.4, -0.2) is 60.5 Å². The predicted molar refractivity (Wildman–Crippen MR) is 141 cm³/mol. The monoisotopic (exact) mass is 495 g/mol. The summed E-state index contributed by atoms with van der Waals surface area (Å²) in [7, 11) is 0. The van der Waals surface area contributed by atoms with Crippen molar-refractivity contribution in [3.05, 3.63) is 54.4 Å². The quantitative estimate of drug-likeness (QED) is 0.395. The van der Waals surface area contributed by atoms with Crippen molar-refractivity contribution in [2.45, 2.75) is 71.1 Å². The number of carbonyl (C=O) groups excluding carboxylic acids is 1. The summed E-state index contributed by atoms with van der Waals surface area (Å²) in [5.74, 6) is 1.43. The molecule has 0 aliphatic carbocycles. The lowest BCUT2D eigenvalue weighted by Gasteiger charge is -2.28. The molecule has 3 heterocycles. The van der Waals surface area contributed by atoms with Gasteiger partial charge in [0.2, 0.25) is 0 Å². The normalized spacial score (nSPS) is 20.1. The highest BCUT2D eigenvalue weighted by atomic mass is 16.6. The highest BCUT2D eigenvalue weighted by Gasteiger charge is 2.32. The Morgan fingerprint density at radius 3 is 2.75 bits per heavy atom. The van der Waals surface area contributed by atoms with Crippen LogP contribution in [0.25, 0.3) is 0 Å². The molecule has 2 aliphatic rings. The summed E-state index contributed by atoms with van der Waals surface area (Å²) in [6, 6.07) is 12.4. The molecule has 196 valence electrons. The van der Waals surface area contributed by atoms with Gasteiger partial charge in [-0.25, -0.2) is 4.79 Å². The Morgan fingerprint density at radius 1 is 1.11 bits per heavy atom. The number of hydrogen-bond acceptors (Lipinski definition) is 6. The lowest BCUT2D eigenvalue weighted by Crippen LogP contribution is -2.42. The van der Waals surface area contributed by atoms with Crippen LogP contribution >= 0.6 is 0 Å². The molecular formula is C29H41N3O4. The zero-order valence-electron chi connectivity index (χ0n) is 22.0. The molecule has 0 spiro atoms. The zero-order chi connectivity index (χ0) is 25.4. The first-order valence-corrected chi connectivity index (χ1v) is 13.3. The maximum Gasteiger partial charge on any atom is 0.410 e. The van der Waals surface area contributed by atoms with E-state index in [9.17, 15) is 4.79 Å². The maximum absolute atomic E-state index is 12.5. The van der Waals surface area contributed by atoms with Gasteiger partial charge in [0, 0.05) is 32.3 Å². The minimum absolute atomic E-state index is 0.0313. The van der Waals surface area contributed by atoms with Gasteiger partial charge in [-0.05, 0) is 64.4 Å². The van der Waals surface area contributed by atoms with Crippen LogP contribution in [0.15, 0.2) is 48.8 Å². The fourth-order valence-corrected chi connectivity index (χ4v) is 4.96. The topological polar surface area (TPSA) is 64.1 Å². The number of amides is 1. The number of anilines is 1. The molecule has 0 unspecified atom stereocenters. The summed E-state index contributed by atoms with van der Waals surface area (Å²) in [5, 5.41) is 0. The van der Waals surface area contributed by atoms with E-state index < -0.39 is 5.60 Å². The van der Waals surface area contributed by atoms with E-state index in [-0.39, 0.29) is 12.1 Å². The molecule has 2 fully saturated rings. The van der Waals surface area contributed by atoms with Crippen LogP contribution in [0.2, 0.25) is 0 Å². The van der Waals surface area contributed by atoms with Crippen LogP contribution in [0.1, 0.15) is 58.4 Å². The van der Waals surface area contributed by atoms with Crippen LogP contribution in [0, 0.1) is 5.92 Å². The number of likely N-dealkylation sites (tertiary alicyclic amines) is 1. The second-order valence-electron chi connectivity index (χ2n) is 10.9. The summed E-state index contributed by atoms with van der Waals surface area (Å²) < 4.78 is 17.5. The largest absolute Gasteiger partial charge is 0.490 e. The number of carbonyl (C=O) groups is 1. The van der Waals surface area contributed by atoms with E-state index in [4.69, 9.17) is 14.2 Å². The molecule has 2 aromatic rings. The lowest BCUT2D eigenvalue weighted by atomic mass is 10.0. The molecule has 0 radical (unpaired) electrons. The van der Waals surface area contributed by atoms with Crippen LogP contribution in [0.5, 0.6) is 5.75 Å². The summed E-state index contributed by atoms with van der Waals surface area (Å²) in [4.78, 5) is 21.2. The Balaban J connectivity index is 1.19. The van der Waals surface area contributed by atoms with Crippen LogP contribution in [0.4, 0.5) is 10.5 Å². The van der Waals surface area contributed by atoms with E-state index in [1.54, 1.807) is 11.1 Å². The van der Waals surface area contributed by atoms with E-state index in [1.807, 2.05) is 45.2 Å². The van der Waals surface area contributed by atoms with E-state index >= 15 is 0 Å². The zero-order valence-corrected chi connectivity index (χ0v) is 22.0. The van der Waals surface area contributed by atoms with Gasteiger partial charge < -0.3 is 24.0 Å². The number of benzene rings is 1. The molecule has 36 heavy (non-hydrogen) atoms. The van der Waals surface area contributed by atoms with Gasteiger partial charge in [0.1, 0.15) is 18.0 Å². The van der Waals surface area contributed by atoms with Gasteiger partial charge >= 0.3 is 6.09 Å². The van der Waals surface area contributed by atoms with Gasteiger partial charge in [-0.2, -0.15) is 0 Å². The average Bonchev–Trinajstić information content (AvgIpc) is 3.52. The molecule has 0 saturated carbocycles. The molecular weight excluding hydrogens is 454 g/mol. The smallest absolute Gasteiger partial charge is 0.410 e. The number of nitrogens with zero attached hydrogens (tertiary/aromatic N) is 3. The molecule has 7 heteroatoms. The van der Waals surface area contributed by atoms with Gasteiger partial charge in [-0.3, -0.25) is 4.98 Å². The number of aromatic nitrogens is 1. The Kier molecular flexibility index (Phi) is 9.08. The van der Waals surface area contributed by atoms with Crippen LogP contribution in [-0.2, 0) is 16.1 Å². The van der Waals surface area contributed by atoms with Gasteiger partial charge in [-0.1, -0.05) is 30.3 Å². The summed E-state index contributed by atoms with van der Waals surface area (Å²) in [6.45, 7) is 10.4. The number of ether oxygens (including phenoxy) is 3. The molecule has 0 bridgehead atoms. The first-order valence-electron chi connectivity index (χ1n) is 13.3. The van der Waals surface area contributed by atoms with E-state index in [2.05, 4.69) is 28.1 Å². The first-order chi connectivity index (χ1) is 17.4. The van der Waals surface area contributed by atoms with Crippen LogP contribution < -0.4 is 9.64 Å². The maximum atomic E-state index is 12.5. The fourth-order valence-electron chi connectivity index (χ4n) is 4.96.